The Labute approximate surface area is 542 Å². The second-order valence-electron chi connectivity index (χ2n) is 23.5. The van der Waals surface area contributed by atoms with Gasteiger partial charge in [0.05, 0.1) is 25.4 Å². The molecule has 8 atom stereocenters. The van der Waals surface area contributed by atoms with Crippen LogP contribution >= 0.6 is 0 Å². The second kappa shape index (κ2) is 63.4. The molecule has 1 aliphatic rings. The minimum absolute atomic E-state index is 0.0585. The van der Waals surface area contributed by atoms with Crippen molar-refractivity contribution in [1.29, 1.82) is 0 Å². The average molecular weight is 1240 g/mol. The van der Waals surface area contributed by atoms with Crippen LogP contribution in [-0.2, 0) is 23.8 Å². The first-order valence-electron chi connectivity index (χ1n) is 35.3. The molecule has 1 aliphatic heterocycles. The Hall–Kier alpha value is -4.72. The van der Waals surface area contributed by atoms with Crippen molar-refractivity contribution in [2.24, 2.45) is 0 Å². The molecule has 0 saturated carbocycles. The lowest BCUT2D eigenvalue weighted by Gasteiger charge is -2.41. The monoisotopic (exact) mass is 1240 g/mol. The van der Waals surface area contributed by atoms with E-state index in [1.807, 2.05) is 6.08 Å². The fourth-order valence-electron chi connectivity index (χ4n) is 9.95. The van der Waals surface area contributed by atoms with E-state index in [1.165, 1.54) is 51.4 Å². The summed E-state index contributed by atoms with van der Waals surface area (Å²) in [6, 6.07) is -1.05. The van der Waals surface area contributed by atoms with Crippen LogP contribution in [0.2, 0.25) is 0 Å². The molecule has 1 saturated heterocycles. The van der Waals surface area contributed by atoms with Crippen LogP contribution in [0.3, 0.4) is 0 Å². The van der Waals surface area contributed by atoms with Crippen LogP contribution in [0.25, 0.3) is 0 Å². The normalized spacial score (nSPS) is 19.1. The number of allylic oxidation sites excluding steroid dienone is 25. The summed E-state index contributed by atoms with van der Waals surface area (Å²) in [5, 5.41) is 57.2. The van der Waals surface area contributed by atoms with Crippen molar-refractivity contribution >= 4 is 11.9 Å². The first kappa shape index (κ1) is 82.3. The van der Waals surface area contributed by atoms with Gasteiger partial charge in [0.25, 0.3) is 0 Å². The highest BCUT2D eigenvalue weighted by molar-refractivity contribution is 5.80. The Morgan fingerprint density at radius 2 is 0.809 bits per heavy atom. The summed E-state index contributed by atoms with van der Waals surface area (Å²) < 4.78 is 17.6. The highest BCUT2D eigenvalue weighted by atomic mass is 16.7. The summed E-state index contributed by atoms with van der Waals surface area (Å²) in [6.45, 7) is 5.54. The number of rotatable bonds is 58. The molecule has 0 bridgehead atoms. The summed E-state index contributed by atoms with van der Waals surface area (Å²) in [5.41, 5.74) is 0. The number of carbonyl (C=O) groups excluding carboxylic acids is 2. The van der Waals surface area contributed by atoms with E-state index in [0.29, 0.717) is 12.8 Å². The summed E-state index contributed by atoms with van der Waals surface area (Å²) in [4.78, 5) is 26.7. The van der Waals surface area contributed by atoms with E-state index in [1.54, 1.807) is 6.08 Å². The zero-order valence-electron chi connectivity index (χ0n) is 56.0. The Kier molecular flexibility index (Phi) is 58.6. The average Bonchev–Trinajstić information content (AvgIpc) is 3.11. The number of ether oxygens (including phenoxy) is 3. The lowest BCUT2D eigenvalue weighted by atomic mass is 9.99. The van der Waals surface area contributed by atoms with Gasteiger partial charge in [-0.2, -0.15) is 0 Å². The predicted octanol–water partition coefficient (Wildman–Crippen LogP) is 18.3. The topological polar surface area (TPSA) is 175 Å². The molecule has 0 aromatic rings. The molecule has 1 heterocycles. The highest BCUT2D eigenvalue weighted by Gasteiger charge is 2.47. The van der Waals surface area contributed by atoms with Gasteiger partial charge in [0, 0.05) is 6.42 Å². The van der Waals surface area contributed by atoms with E-state index in [0.717, 1.165) is 161 Å². The minimum Gasteiger partial charge on any atom is -0.454 e. The van der Waals surface area contributed by atoms with Gasteiger partial charge in [0.15, 0.2) is 12.4 Å². The zero-order chi connectivity index (χ0) is 64.6. The maximum Gasteiger partial charge on any atom is 0.306 e. The van der Waals surface area contributed by atoms with Gasteiger partial charge < -0.3 is 45.1 Å². The van der Waals surface area contributed by atoms with E-state index in [-0.39, 0.29) is 19.4 Å². The van der Waals surface area contributed by atoms with Crippen LogP contribution in [0.4, 0.5) is 0 Å². The molecule has 0 aromatic heterocycles. The van der Waals surface area contributed by atoms with E-state index in [2.05, 4.69) is 172 Å². The number of hydrogen-bond acceptors (Lipinski definition) is 10. The van der Waals surface area contributed by atoms with E-state index >= 15 is 0 Å². The molecule has 11 heteroatoms. The Morgan fingerprint density at radius 3 is 1.21 bits per heavy atom. The molecule has 504 valence electrons. The smallest absolute Gasteiger partial charge is 0.306 e. The standard InChI is InChI=1S/C78H127NO10/c1-4-7-10-13-16-19-22-25-27-29-31-33-34-35-36-37-39-40-42-44-47-50-53-56-59-62-65-71(82)77(86)79-69(70(81)64-61-58-55-52-49-46-24-21-18-15-12-9-6-3)68-87-78-76(75(85)74(84)72(67-80)88-78)89-73(83)66-63-60-57-54-51-48-45-43-41-38-32-30-28-26-23-20-17-14-11-8-5-2/h7-8,10-11,16-17,19-20,25-28,31-33,35-36,38-40,43,45,51,54,61,64,69-72,74-76,78,80-82,84-85H,4-6,9,12-15,18,21-24,29-30,34,37,41-42,44,46-50,52-53,55-60,62-63,65-68H2,1-3H3,(H,79,86)/b10-7-,11-8-,19-16-,20-17-,27-25-,28-26-,33-31-,36-35-,38-32-,40-39-,45-43-,54-51-,64-61+. The molecule has 0 radical (unpaired) electrons. The minimum atomic E-state index is -1.65. The number of unbranched alkanes of at least 4 members (excludes halogenated alkanes) is 20. The maximum absolute atomic E-state index is 13.5. The van der Waals surface area contributed by atoms with Gasteiger partial charge in [-0.3, -0.25) is 9.59 Å². The molecule has 11 nitrogen and oxygen atoms in total. The molecule has 0 spiro atoms. The number of aliphatic hydroxyl groups is 5. The summed E-state index contributed by atoms with van der Waals surface area (Å²) in [7, 11) is 0. The predicted molar refractivity (Wildman–Crippen MR) is 374 cm³/mol. The third-order valence-electron chi connectivity index (χ3n) is 15.4. The Bertz CT molecular complexity index is 2060. The van der Waals surface area contributed by atoms with Gasteiger partial charge >= 0.3 is 5.97 Å². The van der Waals surface area contributed by atoms with E-state index in [9.17, 15) is 35.1 Å². The van der Waals surface area contributed by atoms with Gasteiger partial charge in [0.2, 0.25) is 5.91 Å². The number of amides is 1. The molecular formula is C78H127NO10. The molecule has 8 unspecified atom stereocenters. The van der Waals surface area contributed by atoms with E-state index in [4.69, 9.17) is 14.2 Å². The molecule has 1 fully saturated rings. The second-order valence-corrected chi connectivity index (χ2v) is 23.5. The van der Waals surface area contributed by atoms with Crippen molar-refractivity contribution in [3.8, 4) is 0 Å². The molecular weight excluding hydrogens is 1110 g/mol. The fraction of sp³-hybridized carbons (Fsp3) is 0.641. The van der Waals surface area contributed by atoms with Crippen molar-refractivity contribution in [2.45, 2.75) is 307 Å². The van der Waals surface area contributed by atoms with Gasteiger partial charge in [0.1, 0.15) is 24.4 Å². The Balaban J connectivity index is 2.65. The first-order chi connectivity index (χ1) is 43.7. The molecule has 0 aliphatic carbocycles. The van der Waals surface area contributed by atoms with Gasteiger partial charge in [-0.05, 0) is 128 Å². The lowest BCUT2D eigenvalue weighted by molar-refractivity contribution is -0.305. The number of hydrogen-bond donors (Lipinski definition) is 6. The van der Waals surface area contributed by atoms with Gasteiger partial charge in [-0.25, -0.2) is 0 Å². The maximum atomic E-state index is 13.5. The van der Waals surface area contributed by atoms with Crippen LogP contribution < -0.4 is 5.32 Å². The van der Waals surface area contributed by atoms with Crippen molar-refractivity contribution in [3.63, 3.8) is 0 Å². The molecule has 6 N–H and O–H groups in total. The van der Waals surface area contributed by atoms with Crippen molar-refractivity contribution in [3.05, 3.63) is 158 Å². The third-order valence-corrected chi connectivity index (χ3v) is 15.4. The lowest BCUT2D eigenvalue weighted by Crippen LogP contribution is -2.61. The SMILES string of the molecule is CC/C=C\C/C=C\C/C=C\C/C=C\C/C=C\C/C=C\CCCCCCCCCC(O)C(=O)NC(COC1OC(CO)C(O)C(O)C1OC(=O)CCCC/C=C\C/C=C\C/C=C\C/C=C\C/C=C\C/C=C\CC)C(O)/C=C/CCCCCCCCCCCCC. The first-order valence-corrected chi connectivity index (χ1v) is 35.3. The van der Waals surface area contributed by atoms with Crippen LogP contribution in [-0.4, -0.2) is 99.6 Å². The molecule has 1 amide bonds. The molecule has 0 aromatic carbocycles. The molecule has 1 rings (SSSR count). The van der Waals surface area contributed by atoms with Crippen molar-refractivity contribution in [2.75, 3.05) is 13.2 Å². The van der Waals surface area contributed by atoms with Crippen molar-refractivity contribution in [1.82, 2.24) is 5.32 Å². The number of aliphatic hydroxyl groups excluding tert-OH is 5. The third kappa shape index (κ3) is 50.6. The Morgan fingerprint density at radius 1 is 0.449 bits per heavy atom. The summed E-state index contributed by atoms with van der Waals surface area (Å²) >= 11 is 0. The van der Waals surface area contributed by atoms with Crippen LogP contribution in [0.1, 0.15) is 258 Å². The number of carbonyl (C=O) groups is 2. The highest BCUT2D eigenvalue weighted by Crippen LogP contribution is 2.26. The number of esters is 1. The molecule has 89 heavy (non-hydrogen) atoms. The summed E-state index contributed by atoms with van der Waals surface area (Å²) in [5.74, 6) is -1.26. The van der Waals surface area contributed by atoms with Gasteiger partial charge in [-0.15, -0.1) is 0 Å². The van der Waals surface area contributed by atoms with E-state index < -0.39 is 67.4 Å². The van der Waals surface area contributed by atoms with Crippen LogP contribution in [0.5, 0.6) is 0 Å². The van der Waals surface area contributed by atoms with Crippen molar-refractivity contribution < 1.29 is 49.3 Å². The quantitative estimate of drug-likeness (QED) is 0.0195. The zero-order valence-corrected chi connectivity index (χ0v) is 56.0. The van der Waals surface area contributed by atoms with Gasteiger partial charge in [-0.1, -0.05) is 281 Å². The largest absolute Gasteiger partial charge is 0.454 e. The van der Waals surface area contributed by atoms with Crippen LogP contribution in [0, 0.1) is 0 Å². The summed E-state index contributed by atoms with van der Waals surface area (Å²) in [6.07, 6.45) is 82.7. The number of nitrogens with one attached hydrogen (secondary N) is 1. The fourth-order valence-corrected chi connectivity index (χ4v) is 9.95. The van der Waals surface area contributed by atoms with Crippen LogP contribution in [0.15, 0.2) is 158 Å².